The predicted octanol–water partition coefficient (Wildman–Crippen LogP) is 2.93. The first-order chi connectivity index (χ1) is 11.8. The van der Waals surface area contributed by atoms with E-state index in [0.29, 0.717) is 5.91 Å². The predicted molar refractivity (Wildman–Crippen MR) is 99.0 cm³/mol. The van der Waals surface area contributed by atoms with Gasteiger partial charge in [-0.05, 0) is 70.5 Å². The highest BCUT2D eigenvalue weighted by molar-refractivity contribution is 5.78. The van der Waals surface area contributed by atoms with Gasteiger partial charge in [0.25, 0.3) is 0 Å². The second-order valence-corrected chi connectivity index (χ2v) is 8.25. The van der Waals surface area contributed by atoms with Crippen molar-refractivity contribution in [3.05, 3.63) is 0 Å². The summed E-state index contributed by atoms with van der Waals surface area (Å²) in [4.78, 5) is 15.0. The third-order valence-corrected chi connectivity index (χ3v) is 6.45. The van der Waals surface area contributed by atoms with E-state index in [-0.39, 0.29) is 5.92 Å². The molecule has 1 amide bonds. The van der Waals surface area contributed by atoms with Crippen LogP contribution >= 0.6 is 0 Å². The molecule has 0 spiro atoms. The number of carbonyl (C=O) groups is 1. The van der Waals surface area contributed by atoms with Crippen LogP contribution in [-0.2, 0) is 4.79 Å². The lowest BCUT2D eigenvalue weighted by Crippen LogP contribution is -2.43. The van der Waals surface area contributed by atoms with E-state index in [1.807, 2.05) is 0 Å². The van der Waals surface area contributed by atoms with Crippen LogP contribution in [0.5, 0.6) is 0 Å². The van der Waals surface area contributed by atoms with E-state index in [9.17, 15) is 4.79 Å². The van der Waals surface area contributed by atoms with Crippen molar-refractivity contribution in [3.63, 3.8) is 0 Å². The molecule has 4 nitrogen and oxygen atoms in total. The molecule has 1 atom stereocenters. The number of likely N-dealkylation sites (tertiary alicyclic amines) is 1. The summed E-state index contributed by atoms with van der Waals surface area (Å²) in [6.07, 6.45) is 14.5. The number of rotatable bonds is 5. The summed E-state index contributed by atoms with van der Waals surface area (Å²) in [5.41, 5.74) is 0. The molecule has 0 aromatic heterocycles. The molecule has 0 radical (unpaired) electrons. The molecule has 0 aromatic rings. The van der Waals surface area contributed by atoms with Crippen LogP contribution in [0.2, 0.25) is 0 Å². The number of amides is 1. The molecule has 3 fully saturated rings. The summed E-state index contributed by atoms with van der Waals surface area (Å²) in [7, 11) is 0. The van der Waals surface area contributed by atoms with Crippen LogP contribution in [0.15, 0.2) is 0 Å². The smallest absolute Gasteiger partial charge is 0.223 e. The maximum Gasteiger partial charge on any atom is 0.223 e. The van der Waals surface area contributed by atoms with Gasteiger partial charge in [-0.25, -0.2) is 0 Å². The number of piperidine rings is 2. The summed E-state index contributed by atoms with van der Waals surface area (Å²) in [6, 6.07) is 0.847. The van der Waals surface area contributed by atoms with Gasteiger partial charge in [0.05, 0.1) is 0 Å². The van der Waals surface area contributed by atoms with E-state index < -0.39 is 0 Å². The fraction of sp³-hybridized carbons (Fsp3) is 0.950. The Morgan fingerprint density at radius 3 is 2.46 bits per heavy atom. The van der Waals surface area contributed by atoms with Gasteiger partial charge < -0.3 is 15.5 Å². The fourth-order valence-electron chi connectivity index (χ4n) is 4.92. The van der Waals surface area contributed by atoms with Gasteiger partial charge >= 0.3 is 0 Å². The summed E-state index contributed by atoms with van der Waals surface area (Å²) >= 11 is 0. The van der Waals surface area contributed by atoms with E-state index in [0.717, 1.165) is 44.4 Å². The van der Waals surface area contributed by atoms with Crippen LogP contribution in [0.3, 0.4) is 0 Å². The second kappa shape index (κ2) is 9.76. The first-order valence-electron chi connectivity index (χ1n) is 10.6. The topological polar surface area (TPSA) is 44.4 Å². The van der Waals surface area contributed by atoms with Crippen molar-refractivity contribution in [2.75, 3.05) is 32.7 Å². The van der Waals surface area contributed by atoms with Gasteiger partial charge in [-0.15, -0.1) is 0 Å². The average molecular weight is 336 g/mol. The van der Waals surface area contributed by atoms with Crippen LogP contribution < -0.4 is 10.6 Å². The zero-order valence-electron chi connectivity index (χ0n) is 15.4. The van der Waals surface area contributed by atoms with Crippen LogP contribution in [0.1, 0.15) is 70.6 Å². The Labute approximate surface area is 148 Å². The van der Waals surface area contributed by atoms with Crippen LogP contribution in [0, 0.1) is 11.8 Å². The molecular weight excluding hydrogens is 298 g/mol. The number of carbonyl (C=O) groups excluding carboxylic acids is 1. The van der Waals surface area contributed by atoms with Crippen LogP contribution in [0.25, 0.3) is 0 Å². The molecule has 2 N–H and O–H groups in total. The van der Waals surface area contributed by atoms with Crippen molar-refractivity contribution in [3.8, 4) is 0 Å². The molecule has 4 heteroatoms. The van der Waals surface area contributed by atoms with Gasteiger partial charge in [-0.1, -0.05) is 25.7 Å². The maximum absolute atomic E-state index is 12.2. The number of nitrogens with one attached hydrogen (secondary N) is 2. The molecule has 2 aliphatic heterocycles. The Balaban J connectivity index is 1.36. The molecule has 3 rings (SSSR count). The molecule has 0 aromatic carbocycles. The normalized spacial score (nSPS) is 28.4. The molecule has 24 heavy (non-hydrogen) atoms. The quantitative estimate of drug-likeness (QED) is 0.759. The molecule has 138 valence electrons. The van der Waals surface area contributed by atoms with Crippen molar-refractivity contribution in [2.45, 2.75) is 76.7 Å². The Kier molecular flexibility index (Phi) is 7.40. The number of hydrogen-bond donors (Lipinski definition) is 2. The first kappa shape index (κ1) is 18.2. The number of hydrogen-bond acceptors (Lipinski definition) is 3. The summed E-state index contributed by atoms with van der Waals surface area (Å²) in [5.74, 6) is 1.34. The summed E-state index contributed by atoms with van der Waals surface area (Å²) in [6.45, 7) is 5.45. The Bertz CT molecular complexity index is 373. The van der Waals surface area contributed by atoms with Gasteiger partial charge in [-0.3, -0.25) is 4.79 Å². The standard InChI is InChI=1S/C20H37N3O/c24-20(18-10-12-21-13-11-18)22-14-9-17-6-5-15-23(16-17)19-7-3-1-2-4-8-19/h17-19,21H,1-16H2,(H,22,24)/t17-/m0/s1. The van der Waals surface area contributed by atoms with Gasteiger partial charge in [0.15, 0.2) is 0 Å². The zero-order valence-corrected chi connectivity index (χ0v) is 15.4. The highest BCUT2D eigenvalue weighted by Crippen LogP contribution is 2.27. The first-order valence-corrected chi connectivity index (χ1v) is 10.6. The Hall–Kier alpha value is -0.610. The third kappa shape index (κ3) is 5.45. The van der Waals surface area contributed by atoms with Crippen LogP contribution in [-0.4, -0.2) is 49.6 Å². The van der Waals surface area contributed by atoms with Crippen LogP contribution in [0.4, 0.5) is 0 Å². The minimum atomic E-state index is 0.250. The molecular formula is C20H37N3O. The van der Waals surface area contributed by atoms with Crippen molar-refractivity contribution in [1.82, 2.24) is 15.5 Å². The lowest BCUT2D eigenvalue weighted by Gasteiger charge is -2.38. The Morgan fingerprint density at radius 1 is 0.958 bits per heavy atom. The molecule has 1 aliphatic carbocycles. The summed E-state index contributed by atoms with van der Waals surface area (Å²) in [5, 5.41) is 6.55. The van der Waals surface area contributed by atoms with E-state index in [2.05, 4.69) is 15.5 Å². The van der Waals surface area contributed by atoms with Gasteiger partial charge in [0.2, 0.25) is 5.91 Å². The minimum Gasteiger partial charge on any atom is -0.356 e. The molecule has 0 unspecified atom stereocenters. The molecule has 2 heterocycles. The molecule has 2 saturated heterocycles. The van der Waals surface area contributed by atoms with E-state index in [1.54, 1.807) is 0 Å². The fourth-order valence-corrected chi connectivity index (χ4v) is 4.92. The van der Waals surface area contributed by atoms with Gasteiger partial charge in [0, 0.05) is 25.0 Å². The Morgan fingerprint density at radius 2 is 1.71 bits per heavy atom. The molecule has 1 saturated carbocycles. The van der Waals surface area contributed by atoms with E-state index in [4.69, 9.17) is 0 Å². The monoisotopic (exact) mass is 335 g/mol. The lowest BCUT2D eigenvalue weighted by molar-refractivity contribution is -0.125. The highest BCUT2D eigenvalue weighted by Gasteiger charge is 2.26. The largest absolute Gasteiger partial charge is 0.356 e. The second-order valence-electron chi connectivity index (χ2n) is 8.25. The zero-order chi connectivity index (χ0) is 16.6. The van der Waals surface area contributed by atoms with E-state index in [1.165, 1.54) is 70.9 Å². The molecule has 0 bridgehead atoms. The molecule has 3 aliphatic rings. The maximum atomic E-state index is 12.2. The number of nitrogens with zero attached hydrogens (tertiary/aromatic N) is 1. The third-order valence-electron chi connectivity index (χ3n) is 6.45. The van der Waals surface area contributed by atoms with E-state index >= 15 is 0 Å². The SMILES string of the molecule is O=C(NCC[C@@H]1CCCN(C2CCCCCC2)C1)C1CCNCC1. The van der Waals surface area contributed by atoms with Gasteiger partial charge in [-0.2, -0.15) is 0 Å². The van der Waals surface area contributed by atoms with Crippen molar-refractivity contribution < 1.29 is 4.79 Å². The van der Waals surface area contributed by atoms with Crippen molar-refractivity contribution in [1.29, 1.82) is 0 Å². The summed E-state index contributed by atoms with van der Waals surface area (Å²) < 4.78 is 0. The highest BCUT2D eigenvalue weighted by atomic mass is 16.1. The average Bonchev–Trinajstić information content (AvgIpc) is 2.92. The van der Waals surface area contributed by atoms with Gasteiger partial charge in [0.1, 0.15) is 0 Å². The van der Waals surface area contributed by atoms with Crippen molar-refractivity contribution in [2.24, 2.45) is 11.8 Å². The van der Waals surface area contributed by atoms with Crippen molar-refractivity contribution >= 4 is 5.91 Å². The minimum absolute atomic E-state index is 0.250. The lowest BCUT2D eigenvalue weighted by atomic mass is 9.92.